The van der Waals surface area contributed by atoms with Crippen LogP contribution in [0.2, 0.25) is 5.02 Å². The van der Waals surface area contributed by atoms with Crippen LogP contribution in [0.25, 0.3) is 11.0 Å². The van der Waals surface area contributed by atoms with Crippen molar-refractivity contribution in [2.24, 2.45) is 0 Å². The number of piperidine rings is 3. The molecule has 2 aromatic carbocycles. The van der Waals surface area contributed by atoms with Crippen LogP contribution in [0.4, 0.5) is 4.79 Å². The molecule has 0 bridgehead atoms. The van der Waals surface area contributed by atoms with Gasteiger partial charge in [0.05, 0.1) is 12.1 Å². The molecular weight excluding hydrogens is 674 g/mol. The van der Waals surface area contributed by atoms with Crippen LogP contribution in [0.5, 0.6) is 11.5 Å². The fraction of sp³-hybridized carbons (Fsp3) is 0.667. The highest BCUT2D eigenvalue weighted by Crippen LogP contribution is 2.30. The van der Waals surface area contributed by atoms with Crippen LogP contribution >= 0.6 is 11.6 Å². The van der Waals surface area contributed by atoms with Crippen LogP contribution < -0.4 is 9.47 Å². The smallest absolute Gasteiger partial charge is 0.410 e. The molecule has 3 aliphatic rings. The van der Waals surface area contributed by atoms with E-state index < -0.39 is 5.60 Å². The quantitative estimate of drug-likeness (QED) is 0.144. The molecule has 1 aromatic heterocycles. The van der Waals surface area contributed by atoms with E-state index in [1.54, 1.807) is 0 Å². The zero-order valence-corrected chi connectivity index (χ0v) is 32.8. The van der Waals surface area contributed by atoms with Gasteiger partial charge in [0.1, 0.15) is 35.0 Å². The maximum atomic E-state index is 13.1. The van der Waals surface area contributed by atoms with Gasteiger partial charge in [0, 0.05) is 36.7 Å². The topological polar surface area (TPSA) is 72.3 Å². The van der Waals surface area contributed by atoms with Crippen molar-refractivity contribution in [3.8, 4) is 11.5 Å². The Kier molecular flexibility index (Phi) is 14.0. The molecule has 0 N–H and O–H groups in total. The van der Waals surface area contributed by atoms with Gasteiger partial charge >= 0.3 is 6.09 Å². The molecule has 286 valence electrons. The van der Waals surface area contributed by atoms with E-state index in [0.717, 1.165) is 86.5 Å². The van der Waals surface area contributed by atoms with E-state index in [2.05, 4.69) is 26.5 Å². The summed E-state index contributed by atoms with van der Waals surface area (Å²) in [6.07, 6.45) is 15.2. The molecule has 0 saturated carbocycles. The largest absolute Gasteiger partial charge is 0.491 e. The van der Waals surface area contributed by atoms with Crippen molar-refractivity contribution >= 4 is 28.7 Å². The van der Waals surface area contributed by atoms with Gasteiger partial charge in [-0.15, -0.1) is 0 Å². The van der Waals surface area contributed by atoms with E-state index in [-0.39, 0.29) is 12.1 Å². The first-order valence-electron chi connectivity index (χ1n) is 20.2. The van der Waals surface area contributed by atoms with Gasteiger partial charge in [-0.2, -0.15) is 0 Å². The van der Waals surface area contributed by atoms with Gasteiger partial charge in [-0.1, -0.05) is 30.5 Å². The number of carbonyl (C=O) groups is 1. The molecule has 6 rings (SSSR count). The third-order valence-corrected chi connectivity index (χ3v) is 11.3. The molecule has 3 fully saturated rings. The Hall–Kier alpha value is -3.01. The van der Waals surface area contributed by atoms with Crippen molar-refractivity contribution < 1.29 is 19.0 Å². The summed E-state index contributed by atoms with van der Waals surface area (Å²) in [5.41, 5.74) is 1.42. The minimum atomic E-state index is -0.504. The van der Waals surface area contributed by atoms with Crippen molar-refractivity contribution in [1.82, 2.24) is 24.3 Å². The van der Waals surface area contributed by atoms with Gasteiger partial charge in [-0.05, 0) is 154 Å². The average molecular weight is 736 g/mol. The van der Waals surface area contributed by atoms with Crippen LogP contribution in [0.3, 0.4) is 0 Å². The van der Waals surface area contributed by atoms with Crippen molar-refractivity contribution in [2.45, 2.75) is 135 Å². The van der Waals surface area contributed by atoms with Gasteiger partial charge in [0.25, 0.3) is 0 Å². The Balaban J connectivity index is 1.09. The number of amides is 1. The zero-order valence-electron chi connectivity index (χ0n) is 32.0. The average Bonchev–Trinajstić information content (AvgIpc) is 3.50. The van der Waals surface area contributed by atoms with E-state index >= 15 is 0 Å². The lowest BCUT2D eigenvalue weighted by atomic mass is 9.98. The second-order valence-corrected chi connectivity index (χ2v) is 16.5. The lowest BCUT2D eigenvalue weighted by molar-refractivity contribution is 0.00852. The second kappa shape index (κ2) is 18.8. The number of halogens is 1. The number of carbonyl (C=O) groups excluding carboxylic acids is 1. The Morgan fingerprint density at radius 3 is 2.35 bits per heavy atom. The van der Waals surface area contributed by atoms with Crippen molar-refractivity contribution in [3.63, 3.8) is 0 Å². The van der Waals surface area contributed by atoms with E-state index in [1.165, 1.54) is 71.1 Å². The van der Waals surface area contributed by atoms with Crippen LogP contribution in [0, 0.1) is 0 Å². The normalized spacial score (nSPS) is 20.7. The second-order valence-electron chi connectivity index (χ2n) is 16.1. The Labute approximate surface area is 316 Å². The Morgan fingerprint density at radius 2 is 1.56 bits per heavy atom. The predicted octanol–water partition coefficient (Wildman–Crippen LogP) is 9.34. The molecule has 0 spiro atoms. The molecule has 4 heterocycles. The van der Waals surface area contributed by atoms with E-state index in [9.17, 15) is 4.79 Å². The third kappa shape index (κ3) is 11.0. The highest BCUT2D eigenvalue weighted by molar-refractivity contribution is 6.30. The maximum absolute atomic E-state index is 13.1. The number of aryl methyl sites for hydroxylation is 1. The highest BCUT2D eigenvalue weighted by Gasteiger charge is 2.30. The standard InChI is InChI=1S/C42H62ClN5O4/c1-42(2,3)52-41(49)47-28-10-6-15-35(47)16-12-29-48-37-17-11-18-38(40(37)44-39(48)32-51-36-21-19-33(43)20-22-36)50-31-13-27-46-26-9-5-14-34(46)23-30-45-24-7-4-8-25-45/h11,17-22,34-35H,4-10,12-16,23-32H2,1-3H3. The number of aromatic nitrogens is 2. The predicted molar refractivity (Wildman–Crippen MR) is 210 cm³/mol. The molecule has 52 heavy (non-hydrogen) atoms. The number of hydrogen-bond acceptors (Lipinski definition) is 7. The maximum Gasteiger partial charge on any atom is 0.410 e. The fourth-order valence-corrected chi connectivity index (χ4v) is 8.44. The number of hydrogen-bond donors (Lipinski definition) is 0. The lowest BCUT2D eigenvalue weighted by Gasteiger charge is -2.37. The monoisotopic (exact) mass is 735 g/mol. The summed E-state index contributed by atoms with van der Waals surface area (Å²) in [4.78, 5) is 25.6. The van der Waals surface area contributed by atoms with Gasteiger partial charge in [-0.25, -0.2) is 9.78 Å². The summed E-state index contributed by atoms with van der Waals surface area (Å²) < 4.78 is 20.8. The summed E-state index contributed by atoms with van der Waals surface area (Å²) in [7, 11) is 0. The summed E-state index contributed by atoms with van der Waals surface area (Å²) in [5, 5.41) is 0.678. The number of fused-ring (bicyclic) bond motifs is 1. The first kappa shape index (κ1) is 38.7. The molecule has 3 aliphatic heterocycles. The molecule has 3 saturated heterocycles. The number of imidazole rings is 1. The molecule has 9 nitrogen and oxygen atoms in total. The third-order valence-electron chi connectivity index (χ3n) is 11.0. The Morgan fingerprint density at radius 1 is 0.808 bits per heavy atom. The van der Waals surface area contributed by atoms with Crippen LogP contribution in [0.15, 0.2) is 42.5 Å². The van der Waals surface area contributed by atoms with Crippen molar-refractivity contribution in [1.29, 1.82) is 0 Å². The van der Waals surface area contributed by atoms with Crippen molar-refractivity contribution in [3.05, 3.63) is 53.3 Å². The number of likely N-dealkylation sites (tertiary alicyclic amines) is 3. The molecule has 2 unspecified atom stereocenters. The first-order chi connectivity index (χ1) is 25.2. The minimum absolute atomic E-state index is 0.176. The number of benzene rings is 2. The zero-order chi connectivity index (χ0) is 36.3. The highest BCUT2D eigenvalue weighted by atomic mass is 35.5. The number of para-hydroxylation sites is 1. The van der Waals surface area contributed by atoms with E-state index in [4.69, 9.17) is 30.8 Å². The van der Waals surface area contributed by atoms with Gasteiger partial charge < -0.3 is 33.5 Å². The molecular formula is C42H62ClN5O4. The summed E-state index contributed by atoms with van der Waals surface area (Å²) in [6, 6.07) is 14.6. The lowest BCUT2D eigenvalue weighted by Crippen LogP contribution is -2.46. The van der Waals surface area contributed by atoms with Gasteiger partial charge in [-0.3, -0.25) is 0 Å². The fourth-order valence-electron chi connectivity index (χ4n) is 8.32. The van der Waals surface area contributed by atoms with Gasteiger partial charge in [0.2, 0.25) is 0 Å². The van der Waals surface area contributed by atoms with Crippen molar-refractivity contribution in [2.75, 3.05) is 45.9 Å². The van der Waals surface area contributed by atoms with Crippen LogP contribution in [-0.4, -0.2) is 93.9 Å². The molecule has 1 amide bonds. The van der Waals surface area contributed by atoms with Crippen LogP contribution in [-0.2, 0) is 17.9 Å². The molecule has 3 aromatic rings. The number of rotatable bonds is 15. The molecule has 10 heteroatoms. The molecule has 2 atom stereocenters. The summed E-state index contributed by atoms with van der Waals surface area (Å²) >= 11 is 6.13. The van der Waals surface area contributed by atoms with E-state index in [0.29, 0.717) is 24.3 Å². The minimum Gasteiger partial charge on any atom is -0.491 e. The summed E-state index contributed by atoms with van der Waals surface area (Å²) in [6.45, 7) is 14.4. The first-order valence-corrected chi connectivity index (χ1v) is 20.6. The van der Waals surface area contributed by atoms with Gasteiger partial charge in [0.15, 0.2) is 0 Å². The van der Waals surface area contributed by atoms with E-state index in [1.807, 2.05) is 56.0 Å². The SMILES string of the molecule is CC(C)(C)OC(=O)N1CCCCC1CCCn1c(COc2ccc(Cl)cc2)nc2c(OCCCN3CCCCC3CCN3CCCCC3)cccc21. The van der Waals surface area contributed by atoms with Crippen LogP contribution in [0.1, 0.15) is 110 Å². The Bertz CT molecular complexity index is 1550. The number of ether oxygens (including phenoxy) is 3. The number of nitrogens with zero attached hydrogens (tertiary/aromatic N) is 5. The summed E-state index contributed by atoms with van der Waals surface area (Å²) in [5.74, 6) is 2.44. The molecule has 0 aliphatic carbocycles. The molecule has 0 radical (unpaired) electrons.